The van der Waals surface area contributed by atoms with Crippen molar-refractivity contribution in [2.24, 2.45) is 4.99 Å². The molecule has 3 aromatic rings. The van der Waals surface area contributed by atoms with Crippen LogP contribution in [0.3, 0.4) is 0 Å². The van der Waals surface area contributed by atoms with E-state index in [0.29, 0.717) is 12.1 Å². The van der Waals surface area contributed by atoms with Crippen molar-refractivity contribution in [2.45, 2.75) is 19.3 Å². The van der Waals surface area contributed by atoms with Gasteiger partial charge in [-0.1, -0.05) is 36.4 Å². The number of hydrogen-bond acceptors (Lipinski definition) is 2. The Labute approximate surface area is 144 Å². The van der Waals surface area contributed by atoms with E-state index in [-0.39, 0.29) is 5.56 Å². The number of aromatic nitrogens is 1. The molecule has 1 aromatic heterocycles. The largest absolute Gasteiger partial charge is 0.257 e. The van der Waals surface area contributed by atoms with Gasteiger partial charge in [0.2, 0.25) is 0 Å². The molecule has 0 spiro atoms. The summed E-state index contributed by atoms with van der Waals surface area (Å²) in [5.41, 5.74) is 3.69. The van der Waals surface area contributed by atoms with Crippen molar-refractivity contribution in [1.82, 2.24) is 4.98 Å². The highest BCUT2D eigenvalue weighted by Crippen LogP contribution is 2.27. The van der Waals surface area contributed by atoms with Gasteiger partial charge in [0.05, 0.1) is 11.2 Å². The highest BCUT2D eigenvalue weighted by molar-refractivity contribution is 5.96. The summed E-state index contributed by atoms with van der Waals surface area (Å²) in [6.07, 6.45) is 4.04. The molecule has 2 nitrogen and oxygen atoms in total. The maximum absolute atomic E-state index is 13.9. The number of pyridine rings is 1. The number of hydrogen-bond donors (Lipinski definition) is 0. The van der Waals surface area contributed by atoms with Crippen LogP contribution in [0.25, 0.3) is 16.6 Å². The average Bonchev–Trinajstić information content (AvgIpc) is 3.11. The second-order valence-corrected chi connectivity index (χ2v) is 6.07. The zero-order valence-electron chi connectivity index (χ0n) is 13.5. The number of allylic oxidation sites excluding steroid dienone is 1. The van der Waals surface area contributed by atoms with E-state index in [1.165, 1.54) is 6.07 Å². The van der Waals surface area contributed by atoms with E-state index in [9.17, 15) is 8.78 Å². The Balaban J connectivity index is 1.48. The summed E-state index contributed by atoms with van der Waals surface area (Å²) in [5, 5.41) is 1.12. The van der Waals surface area contributed by atoms with Gasteiger partial charge >= 0.3 is 0 Å². The minimum atomic E-state index is -0.845. The first-order chi connectivity index (χ1) is 12.2. The lowest BCUT2D eigenvalue weighted by atomic mass is 10.1. The fourth-order valence-electron chi connectivity index (χ4n) is 3.03. The van der Waals surface area contributed by atoms with E-state index in [2.05, 4.69) is 16.0 Å². The zero-order valence-corrected chi connectivity index (χ0v) is 13.5. The van der Waals surface area contributed by atoms with Gasteiger partial charge in [0.25, 0.3) is 0 Å². The van der Waals surface area contributed by atoms with Gasteiger partial charge in [-0.3, -0.25) is 9.98 Å². The number of benzene rings is 2. The number of para-hydroxylation sites is 1. The van der Waals surface area contributed by atoms with Gasteiger partial charge in [0, 0.05) is 28.8 Å². The first-order valence-electron chi connectivity index (χ1n) is 8.26. The van der Waals surface area contributed by atoms with Crippen LogP contribution >= 0.6 is 0 Å². The summed E-state index contributed by atoms with van der Waals surface area (Å²) < 4.78 is 27.3. The molecule has 0 bridgehead atoms. The Bertz CT molecular complexity index is 1010. The Kier molecular flexibility index (Phi) is 4.10. The molecule has 1 aliphatic heterocycles. The molecule has 0 aliphatic carbocycles. The summed E-state index contributed by atoms with van der Waals surface area (Å²) in [6.45, 7) is 0. The van der Waals surface area contributed by atoms with Gasteiger partial charge in [0.15, 0.2) is 11.6 Å². The lowest BCUT2D eigenvalue weighted by Crippen LogP contribution is -1.99. The van der Waals surface area contributed by atoms with Crippen LogP contribution in [0, 0.1) is 11.6 Å². The van der Waals surface area contributed by atoms with Crippen molar-refractivity contribution in [1.29, 1.82) is 0 Å². The molecule has 0 saturated heterocycles. The highest BCUT2D eigenvalue weighted by atomic mass is 19.2. The number of halogens is 2. The van der Waals surface area contributed by atoms with Gasteiger partial charge in [-0.25, -0.2) is 8.78 Å². The molecule has 0 atom stereocenters. The molecule has 0 radical (unpaired) electrons. The van der Waals surface area contributed by atoms with Crippen molar-refractivity contribution >= 4 is 22.3 Å². The fourth-order valence-corrected chi connectivity index (χ4v) is 3.03. The number of aryl methyl sites for hydroxylation is 1. The molecule has 0 N–H and O–H groups in total. The van der Waals surface area contributed by atoms with Gasteiger partial charge in [-0.05, 0) is 37.1 Å². The summed E-state index contributed by atoms with van der Waals surface area (Å²) in [6, 6.07) is 16.3. The van der Waals surface area contributed by atoms with E-state index in [4.69, 9.17) is 0 Å². The van der Waals surface area contributed by atoms with Crippen LogP contribution in [0.15, 0.2) is 65.7 Å². The van der Waals surface area contributed by atoms with Crippen molar-refractivity contribution in [2.75, 3.05) is 0 Å². The maximum Gasteiger partial charge on any atom is 0.168 e. The first-order valence-corrected chi connectivity index (χ1v) is 8.26. The van der Waals surface area contributed by atoms with E-state index in [1.54, 1.807) is 6.07 Å². The fraction of sp³-hybridized carbons (Fsp3) is 0.143. The summed E-state index contributed by atoms with van der Waals surface area (Å²) >= 11 is 0. The monoisotopic (exact) mass is 334 g/mol. The van der Waals surface area contributed by atoms with E-state index < -0.39 is 11.6 Å². The zero-order chi connectivity index (χ0) is 17.2. The third-order valence-electron chi connectivity index (χ3n) is 4.36. The summed E-state index contributed by atoms with van der Waals surface area (Å²) in [4.78, 5) is 9.14. The molecule has 124 valence electrons. The summed E-state index contributed by atoms with van der Waals surface area (Å²) in [5.74, 6) is -1.68. The molecular weight excluding hydrogens is 318 g/mol. The minimum absolute atomic E-state index is 0.221. The van der Waals surface area contributed by atoms with E-state index in [1.807, 2.05) is 36.4 Å². The highest BCUT2D eigenvalue weighted by Gasteiger charge is 2.16. The minimum Gasteiger partial charge on any atom is -0.257 e. The molecule has 4 heteroatoms. The van der Waals surface area contributed by atoms with E-state index in [0.717, 1.165) is 41.2 Å². The lowest BCUT2D eigenvalue weighted by molar-refractivity contribution is 0.506. The van der Waals surface area contributed by atoms with Crippen LogP contribution in [-0.2, 0) is 6.42 Å². The van der Waals surface area contributed by atoms with Gasteiger partial charge in [-0.15, -0.1) is 0 Å². The predicted octanol–water partition coefficient (Wildman–Crippen LogP) is 5.33. The molecule has 25 heavy (non-hydrogen) atoms. The molecule has 2 heterocycles. The lowest BCUT2D eigenvalue weighted by Gasteiger charge is -2.04. The van der Waals surface area contributed by atoms with Gasteiger partial charge in [0.1, 0.15) is 0 Å². The Morgan fingerprint density at radius 3 is 2.68 bits per heavy atom. The van der Waals surface area contributed by atoms with Gasteiger partial charge < -0.3 is 0 Å². The molecular formula is C21H16F2N2. The second-order valence-electron chi connectivity index (χ2n) is 6.07. The molecule has 0 amide bonds. The van der Waals surface area contributed by atoms with Crippen LogP contribution in [0.1, 0.15) is 24.1 Å². The third kappa shape index (κ3) is 3.20. The topological polar surface area (TPSA) is 25.2 Å². The summed E-state index contributed by atoms with van der Waals surface area (Å²) in [7, 11) is 0. The predicted molar refractivity (Wildman–Crippen MR) is 96.5 cm³/mol. The third-order valence-corrected chi connectivity index (χ3v) is 4.36. The Hall–Kier alpha value is -2.88. The van der Waals surface area contributed by atoms with Crippen molar-refractivity contribution in [3.8, 4) is 0 Å². The smallest absolute Gasteiger partial charge is 0.168 e. The SMILES string of the molecule is Fc1cccc(C2=CCC(CCc3ccc4ccccc4n3)=N2)c1F. The standard InChI is InChI=1S/C21H16F2N2/c22-18-6-3-5-17(21(18)23)20-13-12-16(25-20)11-10-15-9-8-14-4-1-2-7-19(14)24-15/h1-9,13H,10-12H2. The number of nitrogens with zero attached hydrogens (tertiary/aromatic N) is 2. The molecule has 2 aromatic carbocycles. The van der Waals surface area contributed by atoms with Crippen molar-refractivity contribution in [3.63, 3.8) is 0 Å². The van der Waals surface area contributed by atoms with Gasteiger partial charge in [-0.2, -0.15) is 0 Å². The number of aliphatic imine (C=N–C) groups is 1. The van der Waals surface area contributed by atoms with Crippen molar-refractivity contribution in [3.05, 3.63) is 83.6 Å². The van der Waals surface area contributed by atoms with E-state index >= 15 is 0 Å². The van der Waals surface area contributed by atoms with Crippen LogP contribution < -0.4 is 0 Å². The number of rotatable bonds is 4. The average molecular weight is 334 g/mol. The number of fused-ring (bicyclic) bond motifs is 1. The molecule has 4 rings (SSSR count). The first kappa shape index (κ1) is 15.6. The second kappa shape index (κ2) is 6.55. The van der Waals surface area contributed by atoms with Crippen LogP contribution in [0.2, 0.25) is 0 Å². The van der Waals surface area contributed by atoms with Crippen LogP contribution in [0.4, 0.5) is 8.78 Å². The molecule has 0 unspecified atom stereocenters. The maximum atomic E-state index is 13.9. The molecule has 0 saturated carbocycles. The quantitative estimate of drug-likeness (QED) is 0.633. The van der Waals surface area contributed by atoms with Crippen LogP contribution in [-0.4, -0.2) is 10.7 Å². The van der Waals surface area contributed by atoms with Crippen molar-refractivity contribution < 1.29 is 8.78 Å². The molecule has 1 aliphatic rings. The Morgan fingerprint density at radius 1 is 0.880 bits per heavy atom. The van der Waals surface area contributed by atoms with Crippen LogP contribution in [0.5, 0.6) is 0 Å². The normalized spacial score (nSPS) is 13.8. The Morgan fingerprint density at radius 2 is 1.76 bits per heavy atom. The molecule has 0 fully saturated rings.